The maximum absolute atomic E-state index is 13.5. The van der Waals surface area contributed by atoms with Gasteiger partial charge < -0.3 is 33.9 Å². The number of aromatic nitrogens is 1. The molecule has 3 heterocycles. The predicted octanol–water partition coefficient (Wildman–Crippen LogP) is 3.43. The molecular formula is C27H30N4O5. The third-order valence-electron chi connectivity index (χ3n) is 6.86. The Bertz CT molecular complexity index is 1260. The molecule has 188 valence electrons. The van der Waals surface area contributed by atoms with E-state index in [-0.39, 0.29) is 30.4 Å². The van der Waals surface area contributed by atoms with E-state index in [9.17, 15) is 9.59 Å². The van der Waals surface area contributed by atoms with E-state index in [0.29, 0.717) is 36.8 Å². The van der Waals surface area contributed by atoms with Gasteiger partial charge in [0.25, 0.3) is 0 Å². The molecule has 2 unspecified atom stereocenters. The van der Waals surface area contributed by atoms with Gasteiger partial charge in [-0.2, -0.15) is 0 Å². The number of rotatable bonds is 6. The summed E-state index contributed by atoms with van der Waals surface area (Å²) in [5, 5.41) is 3.11. The van der Waals surface area contributed by atoms with Crippen molar-refractivity contribution >= 4 is 17.6 Å². The van der Waals surface area contributed by atoms with Gasteiger partial charge in [0.2, 0.25) is 5.91 Å². The van der Waals surface area contributed by atoms with Gasteiger partial charge in [0.05, 0.1) is 33.4 Å². The van der Waals surface area contributed by atoms with Gasteiger partial charge in [-0.15, -0.1) is 0 Å². The van der Waals surface area contributed by atoms with Crippen molar-refractivity contribution in [3.8, 4) is 17.2 Å². The van der Waals surface area contributed by atoms with Gasteiger partial charge in [0.1, 0.15) is 5.75 Å². The summed E-state index contributed by atoms with van der Waals surface area (Å²) in [5.74, 6) is 1.86. The van der Waals surface area contributed by atoms with Crippen molar-refractivity contribution in [2.75, 3.05) is 39.3 Å². The van der Waals surface area contributed by atoms with Crippen LogP contribution in [0.5, 0.6) is 17.2 Å². The maximum Gasteiger partial charge on any atom is 0.318 e. The first kappa shape index (κ1) is 23.6. The molecule has 3 amide bonds. The Hall–Kier alpha value is -4.14. The molecule has 36 heavy (non-hydrogen) atoms. The molecule has 0 radical (unpaired) electrons. The number of nitrogens with zero attached hydrogens (tertiary/aromatic N) is 3. The number of fused-ring (bicyclic) bond motifs is 1. The zero-order valence-corrected chi connectivity index (χ0v) is 20.6. The van der Waals surface area contributed by atoms with Crippen molar-refractivity contribution in [3.63, 3.8) is 0 Å². The topological polar surface area (TPSA) is 85.3 Å². The van der Waals surface area contributed by atoms with E-state index in [4.69, 9.17) is 14.2 Å². The fraction of sp³-hybridized carbons (Fsp3) is 0.333. The Balaban J connectivity index is 1.34. The Morgan fingerprint density at radius 1 is 0.944 bits per heavy atom. The van der Waals surface area contributed by atoms with E-state index in [1.807, 2.05) is 53.6 Å². The normalized spacial score (nSPS) is 19.1. The summed E-state index contributed by atoms with van der Waals surface area (Å²) < 4.78 is 18.2. The summed E-state index contributed by atoms with van der Waals surface area (Å²) >= 11 is 0. The van der Waals surface area contributed by atoms with Crippen LogP contribution in [0.25, 0.3) is 0 Å². The lowest BCUT2D eigenvalue weighted by Crippen LogP contribution is -2.50. The van der Waals surface area contributed by atoms with Crippen LogP contribution in [0.1, 0.15) is 23.7 Å². The summed E-state index contributed by atoms with van der Waals surface area (Å²) in [5.41, 5.74) is 2.76. The molecule has 5 rings (SSSR count). The third kappa shape index (κ3) is 4.32. The standard InChI is InChI=1S/C27H30N4O5/c1-34-21-9-6-18(7-10-21)26-22-5-4-12-29(22)13-14-30(26)27(33)28-19-15-25(32)31(17-19)20-8-11-23(35-2)24(16-20)36-3/h4-12,16,19,26H,13-15,17H2,1-3H3,(H,28,33). The average Bonchev–Trinajstić information content (AvgIpc) is 3.53. The summed E-state index contributed by atoms with van der Waals surface area (Å²) in [6, 6.07) is 16.5. The first-order chi connectivity index (χ1) is 17.5. The minimum absolute atomic E-state index is 0.0493. The number of carbonyl (C=O) groups excluding carboxylic acids is 2. The molecular weight excluding hydrogens is 460 g/mol. The van der Waals surface area contributed by atoms with Gasteiger partial charge in [-0.25, -0.2) is 4.79 Å². The highest BCUT2D eigenvalue weighted by atomic mass is 16.5. The van der Waals surface area contributed by atoms with Gasteiger partial charge in [-0.05, 0) is 42.0 Å². The third-order valence-corrected chi connectivity index (χ3v) is 6.86. The van der Waals surface area contributed by atoms with Crippen molar-refractivity contribution in [1.29, 1.82) is 0 Å². The van der Waals surface area contributed by atoms with Crippen molar-refractivity contribution in [3.05, 3.63) is 72.1 Å². The van der Waals surface area contributed by atoms with Gasteiger partial charge in [0, 0.05) is 49.7 Å². The number of hydrogen-bond donors (Lipinski definition) is 1. The Labute approximate surface area is 210 Å². The fourth-order valence-corrected chi connectivity index (χ4v) is 5.04. The van der Waals surface area contributed by atoms with Crippen LogP contribution in [-0.4, -0.2) is 61.9 Å². The molecule has 1 saturated heterocycles. The SMILES string of the molecule is COc1ccc(C2c3cccn3CCN2C(=O)NC2CC(=O)N(c3ccc(OC)c(OC)c3)C2)cc1. The van der Waals surface area contributed by atoms with Gasteiger partial charge in [-0.3, -0.25) is 4.79 Å². The molecule has 9 nitrogen and oxygen atoms in total. The monoisotopic (exact) mass is 490 g/mol. The number of benzene rings is 2. The van der Waals surface area contributed by atoms with Crippen LogP contribution >= 0.6 is 0 Å². The van der Waals surface area contributed by atoms with Crippen LogP contribution in [0.4, 0.5) is 10.5 Å². The summed E-state index contributed by atoms with van der Waals surface area (Å²) in [4.78, 5) is 29.9. The van der Waals surface area contributed by atoms with Crippen molar-refractivity contribution < 1.29 is 23.8 Å². The van der Waals surface area contributed by atoms with Crippen LogP contribution in [-0.2, 0) is 11.3 Å². The second-order valence-electron chi connectivity index (χ2n) is 8.89. The number of methoxy groups -OCH3 is 3. The lowest BCUT2D eigenvalue weighted by atomic mass is 10.00. The number of hydrogen-bond acceptors (Lipinski definition) is 5. The highest BCUT2D eigenvalue weighted by Crippen LogP contribution is 2.35. The molecule has 9 heteroatoms. The van der Waals surface area contributed by atoms with E-state index in [0.717, 1.165) is 17.0 Å². The largest absolute Gasteiger partial charge is 0.497 e. The molecule has 2 aliphatic heterocycles. The number of anilines is 1. The van der Waals surface area contributed by atoms with Crippen LogP contribution in [0.2, 0.25) is 0 Å². The average molecular weight is 491 g/mol. The Morgan fingerprint density at radius 3 is 2.44 bits per heavy atom. The van der Waals surface area contributed by atoms with E-state index >= 15 is 0 Å². The molecule has 1 aromatic heterocycles. The first-order valence-corrected chi connectivity index (χ1v) is 11.9. The minimum Gasteiger partial charge on any atom is -0.497 e. The van der Waals surface area contributed by atoms with Crippen LogP contribution < -0.4 is 24.4 Å². The van der Waals surface area contributed by atoms with E-state index in [1.54, 1.807) is 38.4 Å². The zero-order valence-electron chi connectivity index (χ0n) is 20.6. The number of urea groups is 1. The lowest BCUT2D eigenvalue weighted by Gasteiger charge is -2.38. The Kier molecular flexibility index (Phi) is 6.45. The second kappa shape index (κ2) is 9.85. The Morgan fingerprint density at radius 2 is 1.72 bits per heavy atom. The molecule has 1 N–H and O–H groups in total. The molecule has 2 aromatic carbocycles. The van der Waals surface area contributed by atoms with E-state index < -0.39 is 0 Å². The number of ether oxygens (including phenoxy) is 3. The molecule has 0 bridgehead atoms. The maximum atomic E-state index is 13.5. The summed E-state index contributed by atoms with van der Waals surface area (Å²) in [7, 11) is 4.76. The van der Waals surface area contributed by atoms with E-state index in [2.05, 4.69) is 9.88 Å². The molecule has 2 atom stereocenters. The van der Waals surface area contributed by atoms with Crippen LogP contribution in [0.15, 0.2) is 60.8 Å². The summed E-state index contributed by atoms with van der Waals surface area (Å²) in [6.07, 6.45) is 2.27. The number of carbonyl (C=O) groups is 2. The number of amides is 3. The predicted molar refractivity (Wildman–Crippen MR) is 135 cm³/mol. The van der Waals surface area contributed by atoms with Crippen molar-refractivity contribution in [2.24, 2.45) is 0 Å². The highest BCUT2D eigenvalue weighted by molar-refractivity contribution is 5.97. The molecule has 2 aliphatic rings. The zero-order chi connectivity index (χ0) is 25.2. The summed E-state index contributed by atoms with van der Waals surface area (Å²) in [6.45, 7) is 1.66. The smallest absolute Gasteiger partial charge is 0.318 e. The van der Waals surface area contributed by atoms with Crippen LogP contribution in [0.3, 0.4) is 0 Å². The quantitative estimate of drug-likeness (QED) is 0.572. The molecule has 1 fully saturated rings. The van der Waals surface area contributed by atoms with Crippen molar-refractivity contribution in [2.45, 2.75) is 25.0 Å². The molecule has 0 spiro atoms. The van der Waals surface area contributed by atoms with Gasteiger partial charge in [-0.1, -0.05) is 12.1 Å². The fourth-order valence-electron chi connectivity index (χ4n) is 5.04. The second-order valence-corrected chi connectivity index (χ2v) is 8.89. The minimum atomic E-state index is -0.302. The molecule has 0 aliphatic carbocycles. The number of nitrogens with one attached hydrogen (secondary N) is 1. The molecule has 0 saturated carbocycles. The lowest BCUT2D eigenvalue weighted by molar-refractivity contribution is -0.117. The molecule has 3 aromatic rings. The van der Waals surface area contributed by atoms with Gasteiger partial charge >= 0.3 is 6.03 Å². The van der Waals surface area contributed by atoms with Crippen molar-refractivity contribution in [1.82, 2.24) is 14.8 Å². The van der Waals surface area contributed by atoms with Gasteiger partial charge in [0.15, 0.2) is 11.5 Å². The first-order valence-electron chi connectivity index (χ1n) is 11.9. The highest BCUT2D eigenvalue weighted by Gasteiger charge is 2.36. The van der Waals surface area contributed by atoms with E-state index in [1.165, 1.54) is 0 Å². The van der Waals surface area contributed by atoms with Crippen LogP contribution in [0, 0.1) is 0 Å².